The predicted octanol–water partition coefficient (Wildman–Crippen LogP) is 5.45. The largest absolute Gasteiger partial charge is 0.481 e. The monoisotopic (exact) mass is 471 g/mol. The second-order valence-corrected chi connectivity index (χ2v) is 9.64. The van der Waals surface area contributed by atoms with Crippen molar-refractivity contribution in [3.63, 3.8) is 0 Å². The Kier molecular flexibility index (Phi) is 5.57. The molecule has 0 saturated carbocycles. The molecule has 5 aromatic rings. The van der Waals surface area contributed by atoms with E-state index in [2.05, 4.69) is 26.0 Å². The molecule has 0 bridgehead atoms. The van der Waals surface area contributed by atoms with Crippen LogP contribution >= 0.6 is 11.5 Å². The molecule has 0 amide bonds. The van der Waals surface area contributed by atoms with Gasteiger partial charge in [0.2, 0.25) is 0 Å². The van der Waals surface area contributed by atoms with E-state index in [1.54, 1.807) is 9.13 Å². The maximum Gasteiger partial charge on any atom is 0.330 e. The van der Waals surface area contributed by atoms with E-state index in [4.69, 9.17) is 4.37 Å². The van der Waals surface area contributed by atoms with E-state index in [-0.39, 0.29) is 12.1 Å². The van der Waals surface area contributed by atoms with E-state index in [0.29, 0.717) is 6.54 Å². The van der Waals surface area contributed by atoms with Crippen LogP contribution in [0.4, 0.5) is 0 Å². The molecule has 7 heteroatoms. The third-order valence-electron chi connectivity index (χ3n) is 6.28. The lowest BCUT2D eigenvalue weighted by Crippen LogP contribution is -2.29. The highest BCUT2D eigenvalue weighted by Gasteiger charge is 2.25. The molecule has 34 heavy (non-hydrogen) atoms. The fourth-order valence-electron chi connectivity index (χ4n) is 4.82. The van der Waals surface area contributed by atoms with Gasteiger partial charge < -0.3 is 5.11 Å². The average Bonchev–Trinajstić information content (AvgIpc) is 3.31. The van der Waals surface area contributed by atoms with Gasteiger partial charge in [-0.1, -0.05) is 42.5 Å². The normalized spacial score (nSPS) is 12.4. The molecule has 5 rings (SSSR count). The van der Waals surface area contributed by atoms with E-state index in [1.165, 1.54) is 17.1 Å². The van der Waals surface area contributed by atoms with E-state index in [0.717, 1.165) is 43.5 Å². The summed E-state index contributed by atoms with van der Waals surface area (Å²) in [6.45, 7) is 6.43. The van der Waals surface area contributed by atoms with Crippen molar-refractivity contribution in [3.8, 4) is 0 Å². The van der Waals surface area contributed by atoms with Crippen LogP contribution in [0, 0.1) is 20.8 Å². The molecule has 0 unspecified atom stereocenters. The number of aromatic nitrogens is 3. The molecule has 0 aliphatic carbocycles. The Morgan fingerprint density at radius 3 is 2.50 bits per heavy atom. The molecule has 6 nitrogen and oxygen atoms in total. The third-order valence-corrected chi connectivity index (χ3v) is 7.11. The molecule has 172 valence electrons. The first-order chi connectivity index (χ1) is 16.3. The molecule has 2 aromatic heterocycles. The zero-order valence-electron chi connectivity index (χ0n) is 19.3. The first-order valence-corrected chi connectivity index (χ1v) is 11.9. The lowest BCUT2D eigenvalue weighted by molar-refractivity contribution is -0.137. The summed E-state index contributed by atoms with van der Waals surface area (Å²) in [5.74, 6) is -0.953. The maximum absolute atomic E-state index is 13.9. The number of nitrogens with zero attached hydrogens (tertiary/aromatic N) is 3. The minimum Gasteiger partial charge on any atom is -0.481 e. The summed E-state index contributed by atoms with van der Waals surface area (Å²) >= 11 is 1.44. The zero-order chi connectivity index (χ0) is 24.0. The van der Waals surface area contributed by atoms with Crippen molar-refractivity contribution in [2.45, 2.75) is 39.8 Å². The summed E-state index contributed by atoms with van der Waals surface area (Å²) in [5.41, 5.74) is 6.24. The lowest BCUT2D eigenvalue weighted by atomic mass is 10.0. The van der Waals surface area contributed by atoms with Gasteiger partial charge in [-0.3, -0.25) is 13.9 Å². The molecule has 1 atom stereocenters. The Morgan fingerprint density at radius 2 is 1.76 bits per heavy atom. The Balaban J connectivity index is 1.73. The van der Waals surface area contributed by atoms with E-state index in [1.807, 2.05) is 55.5 Å². The van der Waals surface area contributed by atoms with Crippen molar-refractivity contribution in [3.05, 3.63) is 99.1 Å². The predicted molar refractivity (Wildman–Crippen MR) is 136 cm³/mol. The average molecular weight is 472 g/mol. The Hall–Kier alpha value is -3.71. The number of aryl methyl sites for hydroxylation is 3. The third kappa shape index (κ3) is 3.82. The zero-order valence-corrected chi connectivity index (χ0v) is 20.1. The summed E-state index contributed by atoms with van der Waals surface area (Å²) in [6.07, 6.45) is -0.186. The van der Waals surface area contributed by atoms with Crippen molar-refractivity contribution in [2.75, 3.05) is 0 Å². The molecular weight excluding hydrogens is 446 g/mol. The lowest BCUT2D eigenvalue weighted by Gasteiger charge is -2.17. The van der Waals surface area contributed by atoms with Crippen LogP contribution in [0.25, 0.3) is 21.1 Å². The number of aliphatic carboxylic acids is 1. The second-order valence-electron chi connectivity index (χ2n) is 8.84. The quantitative estimate of drug-likeness (QED) is 0.357. The molecule has 0 spiro atoms. The Bertz CT molecular complexity index is 1590. The second kappa shape index (κ2) is 8.57. The molecule has 3 aromatic carbocycles. The van der Waals surface area contributed by atoms with Crippen molar-refractivity contribution < 1.29 is 9.90 Å². The van der Waals surface area contributed by atoms with Gasteiger partial charge in [0, 0.05) is 5.39 Å². The molecule has 2 heterocycles. The topological polar surface area (TPSA) is 77.1 Å². The van der Waals surface area contributed by atoms with Gasteiger partial charge in [-0.2, -0.15) is 4.37 Å². The molecular formula is C27H25N3O3S. The molecule has 0 aliphatic rings. The number of carboxylic acid groups (broad SMARTS) is 1. The van der Waals surface area contributed by atoms with Gasteiger partial charge in [0.25, 0.3) is 0 Å². The molecule has 1 N–H and O–H groups in total. The number of hydrogen-bond acceptors (Lipinski definition) is 4. The fraction of sp³-hybridized carbons (Fsp3) is 0.222. The van der Waals surface area contributed by atoms with Crippen LogP contribution in [0.1, 0.15) is 40.4 Å². The summed E-state index contributed by atoms with van der Waals surface area (Å²) in [5, 5.41) is 10.8. The number of benzene rings is 3. The van der Waals surface area contributed by atoms with Gasteiger partial charge in [0.1, 0.15) is 0 Å². The van der Waals surface area contributed by atoms with Crippen LogP contribution < -0.4 is 5.69 Å². The Labute approximate surface area is 200 Å². The van der Waals surface area contributed by atoms with Gasteiger partial charge in [-0.05, 0) is 72.8 Å². The van der Waals surface area contributed by atoms with Crippen molar-refractivity contribution in [1.29, 1.82) is 0 Å². The van der Waals surface area contributed by atoms with Crippen molar-refractivity contribution in [2.24, 2.45) is 0 Å². The van der Waals surface area contributed by atoms with E-state index in [9.17, 15) is 14.7 Å². The van der Waals surface area contributed by atoms with Gasteiger partial charge >= 0.3 is 11.7 Å². The fourth-order valence-corrected chi connectivity index (χ4v) is 5.79. The van der Waals surface area contributed by atoms with Crippen LogP contribution in [0.15, 0.2) is 65.5 Å². The van der Waals surface area contributed by atoms with E-state index < -0.39 is 12.0 Å². The minimum atomic E-state index is -0.953. The molecule has 0 saturated heterocycles. The number of hydrogen-bond donors (Lipinski definition) is 1. The SMILES string of the molecule is Cc1cc(C)c2c(Cn3c(=O)n([C@H](CC(=O)O)c4ccccc4)c4cc(C)ccc43)nsc2c1. The molecule has 0 aliphatic heterocycles. The summed E-state index contributed by atoms with van der Waals surface area (Å²) in [6, 6.07) is 18.9. The van der Waals surface area contributed by atoms with Gasteiger partial charge in [-0.15, -0.1) is 0 Å². The van der Waals surface area contributed by atoms with Crippen molar-refractivity contribution in [1.82, 2.24) is 13.5 Å². The van der Waals surface area contributed by atoms with Crippen LogP contribution in [-0.2, 0) is 11.3 Å². The summed E-state index contributed by atoms with van der Waals surface area (Å²) in [7, 11) is 0. The Morgan fingerprint density at radius 1 is 1.00 bits per heavy atom. The molecule has 0 radical (unpaired) electrons. The number of carboxylic acids is 1. The highest BCUT2D eigenvalue weighted by Crippen LogP contribution is 2.30. The minimum absolute atomic E-state index is 0.186. The number of carbonyl (C=O) groups is 1. The number of imidazole rings is 1. The van der Waals surface area contributed by atoms with Gasteiger partial charge in [-0.25, -0.2) is 4.79 Å². The maximum atomic E-state index is 13.9. The van der Waals surface area contributed by atoms with Gasteiger partial charge in [0.05, 0.1) is 40.4 Å². The highest BCUT2D eigenvalue weighted by molar-refractivity contribution is 7.13. The number of fused-ring (bicyclic) bond motifs is 2. The molecule has 0 fully saturated rings. The summed E-state index contributed by atoms with van der Waals surface area (Å²) in [4.78, 5) is 25.7. The highest BCUT2D eigenvalue weighted by atomic mass is 32.1. The summed E-state index contributed by atoms with van der Waals surface area (Å²) < 4.78 is 9.16. The van der Waals surface area contributed by atoms with Crippen molar-refractivity contribution >= 4 is 38.6 Å². The first-order valence-electron chi connectivity index (χ1n) is 11.2. The smallest absolute Gasteiger partial charge is 0.330 e. The standard InChI is InChI=1S/C27H25N3O3S/c1-16-9-10-21-23(12-16)30(22(14-25(31)32)19-7-5-4-6-8-19)27(33)29(21)15-20-26-18(3)11-17(2)13-24(26)34-28-20/h4-13,22H,14-15H2,1-3H3,(H,31,32)/t22-/m1/s1. The van der Waals surface area contributed by atoms with E-state index >= 15 is 0 Å². The van der Waals surface area contributed by atoms with Crippen LogP contribution in [0.3, 0.4) is 0 Å². The first kappa shape index (κ1) is 22.1. The van der Waals surface area contributed by atoms with Crippen LogP contribution in [-0.4, -0.2) is 24.6 Å². The number of rotatable bonds is 6. The van der Waals surface area contributed by atoms with Gasteiger partial charge in [0.15, 0.2) is 0 Å². The van der Waals surface area contributed by atoms with Crippen LogP contribution in [0.5, 0.6) is 0 Å². The van der Waals surface area contributed by atoms with Crippen LogP contribution in [0.2, 0.25) is 0 Å².